The molecule has 0 bridgehead atoms. The molecule has 2 aromatic rings. The topological polar surface area (TPSA) is 69.7 Å². The van der Waals surface area contributed by atoms with Gasteiger partial charge < -0.3 is 9.80 Å². The smallest absolute Gasteiger partial charge is 0.264 e. The monoisotopic (exact) mass is 393 g/mol. The van der Waals surface area contributed by atoms with Crippen molar-refractivity contribution in [1.29, 1.82) is 0 Å². The summed E-state index contributed by atoms with van der Waals surface area (Å²) in [4.78, 5) is 17.3. The van der Waals surface area contributed by atoms with Gasteiger partial charge in [-0.2, -0.15) is 0 Å². The molecule has 1 aromatic carbocycles. The fraction of sp³-hybridized carbons (Fsp3) is 0.389. The van der Waals surface area contributed by atoms with Crippen LogP contribution in [0.1, 0.15) is 23.0 Å². The minimum absolute atomic E-state index is 0.0975. The minimum atomic E-state index is -3.27. The predicted octanol–water partition coefficient (Wildman–Crippen LogP) is 2.86. The summed E-state index contributed by atoms with van der Waals surface area (Å²) in [7, 11) is -3.27. The number of thiophene rings is 1. The maximum atomic E-state index is 12.4. The van der Waals surface area contributed by atoms with Gasteiger partial charge in [-0.15, -0.1) is 11.3 Å². The lowest BCUT2D eigenvalue weighted by molar-refractivity contribution is 0.0751. The van der Waals surface area contributed by atoms with Crippen molar-refractivity contribution in [2.45, 2.75) is 13.3 Å². The summed E-state index contributed by atoms with van der Waals surface area (Å²) in [5.74, 6) is 0.218. The number of nitrogens with one attached hydrogen (secondary N) is 1. The van der Waals surface area contributed by atoms with Crippen LogP contribution in [0.3, 0.4) is 0 Å². The standard InChI is InChI=1S/C18H23N3O3S2/c1-2-14-26(23,24)19-15-5-7-16(8-6-15)20-9-11-21(12-10-20)18(22)17-4-3-13-25-17/h3-8,13,19H,2,9-12,14H2,1H3. The zero-order valence-corrected chi connectivity index (χ0v) is 16.4. The van der Waals surface area contributed by atoms with E-state index in [9.17, 15) is 13.2 Å². The quantitative estimate of drug-likeness (QED) is 0.819. The molecule has 2 heterocycles. The number of hydrogen-bond acceptors (Lipinski definition) is 5. The highest BCUT2D eigenvalue weighted by Gasteiger charge is 2.22. The van der Waals surface area contributed by atoms with Crippen LogP contribution in [-0.4, -0.2) is 51.2 Å². The molecule has 0 unspecified atom stereocenters. The average Bonchev–Trinajstić information content (AvgIpc) is 3.16. The Morgan fingerprint density at radius 1 is 1.12 bits per heavy atom. The first kappa shape index (κ1) is 18.7. The molecule has 26 heavy (non-hydrogen) atoms. The van der Waals surface area contributed by atoms with Crippen molar-refractivity contribution in [3.05, 3.63) is 46.7 Å². The molecule has 1 fully saturated rings. The van der Waals surface area contributed by atoms with Gasteiger partial charge >= 0.3 is 0 Å². The molecule has 140 valence electrons. The van der Waals surface area contributed by atoms with Gasteiger partial charge in [0.1, 0.15) is 0 Å². The van der Waals surface area contributed by atoms with Crippen molar-refractivity contribution < 1.29 is 13.2 Å². The second-order valence-electron chi connectivity index (χ2n) is 6.22. The molecule has 1 amide bonds. The Balaban J connectivity index is 1.57. The summed E-state index contributed by atoms with van der Waals surface area (Å²) in [6.45, 7) is 4.73. The summed E-state index contributed by atoms with van der Waals surface area (Å²) < 4.78 is 26.2. The SMILES string of the molecule is CCCS(=O)(=O)Nc1ccc(N2CCN(C(=O)c3cccs3)CC2)cc1. The largest absolute Gasteiger partial charge is 0.368 e. The normalized spacial score (nSPS) is 15.1. The maximum Gasteiger partial charge on any atom is 0.264 e. The molecule has 0 atom stereocenters. The number of hydrogen-bond donors (Lipinski definition) is 1. The van der Waals surface area contributed by atoms with Crippen LogP contribution in [0, 0.1) is 0 Å². The molecule has 1 aliphatic heterocycles. The van der Waals surface area contributed by atoms with Crippen molar-refractivity contribution in [2.24, 2.45) is 0 Å². The average molecular weight is 394 g/mol. The van der Waals surface area contributed by atoms with Crippen LogP contribution in [0.5, 0.6) is 0 Å². The Labute approximate surface area is 158 Å². The fourth-order valence-electron chi connectivity index (χ4n) is 2.96. The van der Waals surface area contributed by atoms with Crippen molar-refractivity contribution in [1.82, 2.24) is 4.90 Å². The molecule has 0 aliphatic carbocycles. The van der Waals surface area contributed by atoms with Gasteiger partial charge in [-0.1, -0.05) is 13.0 Å². The lowest BCUT2D eigenvalue weighted by Crippen LogP contribution is -2.48. The summed E-state index contributed by atoms with van der Waals surface area (Å²) >= 11 is 1.47. The Hall–Kier alpha value is -2.06. The first-order valence-corrected chi connectivity index (χ1v) is 11.2. The highest BCUT2D eigenvalue weighted by atomic mass is 32.2. The third-order valence-electron chi connectivity index (χ3n) is 4.28. The molecule has 1 aromatic heterocycles. The summed E-state index contributed by atoms with van der Waals surface area (Å²) in [6.07, 6.45) is 0.585. The van der Waals surface area contributed by atoms with Gasteiger partial charge in [-0.3, -0.25) is 9.52 Å². The molecule has 1 N–H and O–H groups in total. The van der Waals surface area contributed by atoms with E-state index < -0.39 is 10.0 Å². The molecule has 0 radical (unpaired) electrons. The number of nitrogens with zero attached hydrogens (tertiary/aromatic N) is 2. The third-order valence-corrected chi connectivity index (χ3v) is 6.63. The van der Waals surface area contributed by atoms with E-state index in [0.717, 1.165) is 23.7 Å². The van der Waals surface area contributed by atoms with Crippen molar-refractivity contribution in [3.63, 3.8) is 0 Å². The number of sulfonamides is 1. The van der Waals surface area contributed by atoms with Gasteiger partial charge in [0, 0.05) is 37.6 Å². The van der Waals surface area contributed by atoms with Crippen LogP contribution in [-0.2, 0) is 10.0 Å². The summed E-state index contributed by atoms with van der Waals surface area (Å²) in [5, 5.41) is 1.92. The van der Waals surface area contributed by atoms with E-state index >= 15 is 0 Å². The van der Waals surface area contributed by atoms with E-state index in [2.05, 4.69) is 9.62 Å². The molecule has 1 saturated heterocycles. The van der Waals surface area contributed by atoms with E-state index in [-0.39, 0.29) is 11.7 Å². The molecule has 0 spiro atoms. The highest BCUT2D eigenvalue weighted by molar-refractivity contribution is 7.92. The van der Waals surface area contributed by atoms with Gasteiger partial charge in [-0.25, -0.2) is 8.42 Å². The van der Waals surface area contributed by atoms with Crippen LogP contribution in [0.25, 0.3) is 0 Å². The van der Waals surface area contributed by atoms with Gasteiger partial charge in [0.25, 0.3) is 5.91 Å². The van der Waals surface area contributed by atoms with E-state index in [1.165, 1.54) is 11.3 Å². The fourth-order valence-corrected chi connectivity index (χ4v) is 4.79. The van der Waals surface area contributed by atoms with Crippen LogP contribution in [0.2, 0.25) is 0 Å². The molecular formula is C18H23N3O3S2. The first-order valence-electron chi connectivity index (χ1n) is 8.67. The van der Waals surface area contributed by atoms with E-state index in [0.29, 0.717) is 25.2 Å². The minimum Gasteiger partial charge on any atom is -0.368 e. The van der Waals surface area contributed by atoms with Gasteiger partial charge in [0.05, 0.1) is 10.6 Å². The van der Waals surface area contributed by atoms with Gasteiger partial charge in [0.2, 0.25) is 10.0 Å². The Bertz CT molecular complexity index is 825. The summed E-state index contributed by atoms with van der Waals surface area (Å²) in [5.41, 5.74) is 1.61. The number of amides is 1. The highest BCUT2D eigenvalue weighted by Crippen LogP contribution is 2.21. The van der Waals surface area contributed by atoms with E-state index in [1.807, 2.05) is 41.5 Å². The van der Waals surface area contributed by atoms with Crippen molar-refractivity contribution in [2.75, 3.05) is 41.6 Å². The third kappa shape index (κ3) is 4.56. The van der Waals surface area contributed by atoms with Gasteiger partial charge in [-0.05, 0) is 42.1 Å². The van der Waals surface area contributed by atoms with E-state index in [1.54, 1.807) is 12.1 Å². The number of rotatable bonds is 6. The second-order valence-corrected chi connectivity index (χ2v) is 9.01. The molecule has 1 aliphatic rings. The Morgan fingerprint density at radius 3 is 2.38 bits per heavy atom. The van der Waals surface area contributed by atoms with Crippen molar-refractivity contribution >= 4 is 38.6 Å². The lowest BCUT2D eigenvalue weighted by atomic mass is 10.2. The zero-order valence-electron chi connectivity index (χ0n) is 14.7. The van der Waals surface area contributed by atoms with Gasteiger partial charge in [0.15, 0.2) is 0 Å². The number of carbonyl (C=O) groups is 1. The maximum absolute atomic E-state index is 12.4. The Kier molecular flexibility index (Phi) is 5.83. The molecule has 6 nitrogen and oxygen atoms in total. The van der Waals surface area contributed by atoms with Crippen LogP contribution >= 0.6 is 11.3 Å². The molecular weight excluding hydrogens is 370 g/mol. The molecule has 8 heteroatoms. The lowest BCUT2D eigenvalue weighted by Gasteiger charge is -2.36. The van der Waals surface area contributed by atoms with Crippen LogP contribution < -0.4 is 9.62 Å². The first-order chi connectivity index (χ1) is 12.5. The summed E-state index contributed by atoms with van der Waals surface area (Å²) in [6, 6.07) is 11.2. The molecule has 3 rings (SSSR count). The van der Waals surface area contributed by atoms with Crippen LogP contribution in [0.15, 0.2) is 41.8 Å². The Morgan fingerprint density at radius 2 is 1.81 bits per heavy atom. The predicted molar refractivity (Wildman–Crippen MR) is 107 cm³/mol. The number of piperazine rings is 1. The van der Waals surface area contributed by atoms with Crippen molar-refractivity contribution in [3.8, 4) is 0 Å². The second kappa shape index (κ2) is 8.09. The molecule has 0 saturated carbocycles. The number of carbonyl (C=O) groups excluding carboxylic acids is 1. The number of anilines is 2. The van der Waals surface area contributed by atoms with Crippen LogP contribution in [0.4, 0.5) is 11.4 Å². The number of benzene rings is 1. The zero-order chi connectivity index (χ0) is 18.6. The van der Waals surface area contributed by atoms with E-state index in [4.69, 9.17) is 0 Å².